The summed E-state index contributed by atoms with van der Waals surface area (Å²) in [4.78, 5) is 22.3. The molecule has 1 saturated heterocycles. The van der Waals surface area contributed by atoms with E-state index in [9.17, 15) is 4.79 Å². The first-order valence-electron chi connectivity index (χ1n) is 6.90. The number of hydrogen-bond donors (Lipinski definition) is 0. The van der Waals surface area contributed by atoms with E-state index in [0.717, 1.165) is 31.5 Å². The highest BCUT2D eigenvalue weighted by atomic mass is 16.2. The van der Waals surface area contributed by atoms with Gasteiger partial charge in [0.2, 0.25) is 0 Å². The summed E-state index contributed by atoms with van der Waals surface area (Å²) in [5.74, 6) is 0.0682. The minimum atomic E-state index is 0.0682. The Labute approximate surface area is 122 Å². The normalized spacial score (nSPS) is 14.0. The number of amides is 1. The van der Waals surface area contributed by atoms with Gasteiger partial charge in [0, 0.05) is 36.6 Å². The van der Waals surface area contributed by atoms with Crippen molar-refractivity contribution in [1.29, 1.82) is 5.26 Å². The Hall–Kier alpha value is -2.74. The molecule has 0 N–H and O–H groups in total. The van der Waals surface area contributed by atoms with Gasteiger partial charge in [0.05, 0.1) is 0 Å². The van der Waals surface area contributed by atoms with Crippen molar-refractivity contribution < 1.29 is 4.79 Å². The van der Waals surface area contributed by atoms with E-state index in [2.05, 4.69) is 9.97 Å². The van der Waals surface area contributed by atoms with Crippen LogP contribution in [0, 0.1) is 11.3 Å². The molecule has 0 atom stereocenters. The molecule has 3 rings (SSSR count). The molecule has 0 aliphatic carbocycles. The summed E-state index contributed by atoms with van der Waals surface area (Å²) < 4.78 is 0. The molecule has 2 aromatic rings. The number of nitrogens with zero attached hydrogens (tertiary/aromatic N) is 4. The SMILES string of the molecule is N#Cc1nccnc1-c1ccc(C(=O)N2CCCC2)cc1. The number of benzene rings is 1. The number of rotatable bonds is 2. The van der Waals surface area contributed by atoms with E-state index in [1.807, 2.05) is 23.1 Å². The van der Waals surface area contributed by atoms with E-state index in [-0.39, 0.29) is 11.6 Å². The maximum absolute atomic E-state index is 12.3. The number of likely N-dealkylation sites (tertiary alicyclic amines) is 1. The van der Waals surface area contributed by atoms with Crippen LogP contribution < -0.4 is 0 Å². The highest BCUT2D eigenvalue weighted by Crippen LogP contribution is 2.21. The minimum Gasteiger partial charge on any atom is -0.339 e. The second-order valence-corrected chi connectivity index (χ2v) is 4.94. The second-order valence-electron chi connectivity index (χ2n) is 4.94. The first-order chi connectivity index (χ1) is 10.3. The summed E-state index contributed by atoms with van der Waals surface area (Å²) in [5.41, 5.74) is 2.29. The van der Waals surface area contributed by atoms with Crippen LogP contribution in [0.25, 0.3) is 11.3 Å². The molecule has 0 bridgehead atoms. The minimum absolute atomic E-state index is 0.0682. The zero-order valence-corrected chi connectivity index (χ0v) is 11.5. The molecule has 1 aromatic carbocycles. The molecular formula is C16H14N4O. The van der Waals surface area contributed by atoms with Gasteiger partial charge in [-0.05, 0) is 25.0 Å². The molecule has 0 unspecified atom stereocenters. The van der Waals surface area contributed by atoms with Crippen LogP contribution in [0.15, 0.2) is 36.7 Å². The molecule has 1 aliphatic rings. The second kappa shape index (κ2) is 5.71. The van der Waals surface area contributed by atoms with Crippen molar-refractivity contribution >= 4 is 5.91 Å². The standard InChI is InChI=1S/C16H14N4O/c17-11-14-15(19-8-7-18-14)12-3-5-13(6-4-12)16(21)20-9-1-2-10-20/h3-8H,1-2,9-10H2. The largest absolute Gasteiger partial charge is 0.339 e. The Kier molecular flexibility index (Phi) is 3.61. The van der Waals surface area contributed by atoms with Gasteiger partial charge in [-0.25, -0.2) is 4.98 Å². The van der Waals surface area contributed by atoms with E-state index >= 15 is 0 Å². The Morgan fingerprint density at radius 1 is 1.10 bits per heavy atom. The third-order valence-electron chi connectivity index (χ3n) is 3.60. The fourth-order valence-corrected chi connectivity index (χ4v) is 2.50. The molecule has 104 valence electrons. The van der Waals surface area contributed by atoms with E-state index in [4.69, 9.17) is 5.26 Å². The van der Waals surface area contributed by atoms with Gasteiger partial charge in [0.15, 0.2) is 5.69 Å². The van der Waals surface area contributed by atoms with Crippen LogP contribution in [0.1, 0.15) is 28.9 Å². The number of carbonyl (C=O) groups excluding carboxylic acids is 1. The zero-order valence-electron chi connectivity index (χ0n) is 11.5. The van der Waals surface area contributed by atoms with Crippen molar-refractivity contribution in [3.63, 3.8) is 0 Å². The van der Waals surface area contributed by atoms with Crippen LogP contribution in [0.4, 0.5) is 0 Å². The lowest BCUT2D eigenvalue weighted by molar-refractivity contribution is 0.0793. The number of aromatic nitrogens is 2. The monoisotopic (exact) mass is 278 g/mol. The summed E-state index contributed by atoms with van der Waals surface area (Å²) in [6.45, 7) is 1.67. The van der Waals surface area contributed by atoms with Crippen molar-refractivity contribution in [3.05, 3.63) is 47.9 Å². The lowest BCUT2D eigenvalue weighted by atomic mass is 10.1. The van der Waals surface area contributed by atoms with Crippen LogP contribution in [0.5, 0.6) is 0 Å². The van der Waals surface area contributed by atoms with Crippen LogP contribution in [-0.4, -0.2) is 33.9 Å². The summed E-state index contributed by atoms with van der Waals surface area (Å²) in [5, 5.41) is 9.05. The topological polar surface area (TPSA) is 69.9 Å². The lowest BCUT2D eigenvalue weighted by Gasteiger charge is -2.15. The van der Waals surface area contributed by atoms with Crippen LogP contribution >= 0.6 is 0 Å². The van der Waals surface area contributed by atoms with E-state index in [1.54, 1.807) is 18.3 Å². The molecule has 1 aliphatic heterocycles. The highest BCUT2D eigenvalue weighted by molar-refractivity contribution is 5.94. The quantitative estimate of drug-likeness (QED) is 0.844. The fourth-order valence-electron chi connectivity index (χ4n) is 2.50. The van der Waals surface area contributed by atoms with E-state index < -0.39 is 0 Å². The van der Waals surface area contributed by atoms with Gasteiger partial charge in [-0.3, -0.25) is 9.78 Å². The molecule has 1 amide bonds. The Bertz CT molecular complexity index is 697. The van der Waals surface area contributed by atoms with Gasteiger partial charge in [-0.2, -0.15) is 5.26 Å². The van der Waals surface area contributed by atoms with Crippen molar-refractivity contribution in [2.24, 2.45) is 0 Å². The summed E-state index contributed by atoms with van der Waals surface area (Å²) in [6, 6.07) is 9.22. The van der Waals surface area contributed by atoms with Crippen molar-refractivity contribution in [3.8, 4) is 17.3 Å². The maximum atomic E-state index is 12.3. The van der Waals surface area contributed by atoms with Gasteiger partial charge in [0.25, 0.3) is 5.91 Å². The van der Waals surface area contributed by atoms with Gasteiger partial charge in [-0.15, -0.1) is 0 Å². The molecule has 0 radical (unpaired) electrons. The number of nitriles is 1. The zero-order chi connectivity index (χ0) is 14.7. The van der Waals surface area contributed by atoms with Crippen LogP contribution in [-0.2, 0) is 0 Å². The van der Waals surface area contributed by atoms with Gasteiger partial charge >= 0.3 is 0 Å². The van der Waals surface area contributed by atoms with Crippen molar-refractivity contribution in [1.82, 2.24) is 14.9 Å². The molecule has 5 heteroatoms. The molecule has 1 aromatic heterocycles. The summed E-state index contributed by atoms with van der Waals surface area (Å²) in [6.07, 6.45) is 5.21. The molecule has 1 fully saturated rings. The number of hydrogen-bond acceptors (Lipinski definition) is 4. The van der Waals surface area contributed by atoms with E-state index in [0.29, 0.717) is 11.3 Å². The summed E-state index contributed by atoms with van der Waals surface area (Å²) in [7, 11) is 0. The third-order valence-corrected chi connectivity index (χ3v) is 3.60. The van der Waals surface area contributed by atoms with Crippen molar-refractivity contribution in [2.75, 3.05) is 13.1 Å². The molecule has 5 nitrogen and oxygen atoms in total. The summed E-state index contributed by atoms with van der Waals surface area (Å²) >= 11 is 0. The average molecular weight is 278 g/mol. The highest BCUT2D eigenvalue weighted by Gasteiger charge is 2.19. The first-order valence-corrected chi connectivity index (χ1v) is 6.90. The Balaban J connectivity index is 1.87. The van der Waals surface area contributed by atoms with Gasteiger partial charge in [0.1, 0.15) is 11.8 Å². The molecule has 2 heterocycles. The first kappa shape index (κ1) is 13.3. The van der Waals surface area contributed by atoms with Crippen molar-refractivity contribution in [2.45, 2.75) is 12.8 Å². The molecule has 21 heavy (non-hydrogen) atoms. The van der Waals surface area contributed by atoms with Gasteiger partial charge in [-0.1, -0.05) is 12.1 Å². The van der Waals surface area contributed by atoms with Gasteiger partial charge < -0.3 is 4.90 Å². The predicted molar refractivity (Wildman–Crippen MR) is 77.3 cm³/mol. The maximum Gasteiger partial charge on any atom is 0.253 e. The Morgan fingerprint density at radius 3 is 2.43 bits per heavy atom. The average Bonchev–Trinajstić information content (AvgIpc) is 3.09. The van der Waals surface area contributed by atoms with Crippen LogP contribution in [0.3, 0.4) is 0 Å². The Morgan fingerprint density at radius 2 is 1.76 bits per heavy atom. The smallest absolute Gasteiger partial charge is 0.253 e. The molecule has 0 saturated carbocycles. The van der Waals surface area contributed by atoms with Crippen LogP contribution in [0.2, 0.25) is 0 Å². The third kappa shape index (κ3) is 2.61. The molecular weight excluding hydrogens is 264 g/mol. The number of carbonyl (C=O) groups is 1. The van der Waals surface area contributed by atoms with E-state index in [1.165, 1.54) is 6.20 Å². The lowest BCUT2D eigenvalue weighted by Crippen LogP contribution is -2.27. The fraction of sp³-hybridized carbons (Fsp3) is 0.250. The molecule has 0 spiro atoms. The predicted octanol–water partition coefficient (Wildman–Crippen LogP) is 2.25.